The molecule has 31 heavy (non-hydrogen) atoms. The van der Waals surface area contributed by atoms with Gasteiger partial charge in [0.15, 0.2) is 0 Å². The fourth-order valence-electron chi connectivity index (χ4n) is 2.87. The van der Waals surface area contributed by atoms with Crippen LogP contribution in [0.1, 0.15) is 15.9 Å². The molecular formula is C23H17BrClN3O3. The van der Waals surface area contributed by atoms with Gasteiger partial charge in [0.2, 0.25) is 5.55 Å². The first kappa shape index (κ1) is 21.0. The van der Waals surface area contributed by atoms with Gasteiger partial charge in [0.1, 0.15) is 16.9 Å². The summed E-state index contributed by atoms with van der Waals surface area (Å²) in [5, 5.41) is 18.2. The predicted octanol–water partition coefficient (Wildman–Crippen LogP) is 6.04. The highest BCUT2D eigenvalue weighted by Gasteiger charge is 2.14. The van der Waals surface area contributed by atoms with Crippen molar-refractivity contribution in [3.05, 3.63) is 92.9 Å². The third-order valence-electron chi connectivity index (χ3n) is 4.55. The molecule has 0 spiro atoms. The van der Waals surface area contributed by atoms with E-state index in [2.05, 4.69) is 31.8 Å². The molecule has 3 aromatic carbocycles. The van der Waals surface area contributed by atoms with E-state index in [0.29, 0.717) is 27.2 Å². The first-order chi connectivity index (χ1) is 14.9. The number of rotatable bonds is 4. The molecule has 0 saturated carbocycles. The first-order valence-corrected chi connectivity index (χ1v) is 10.5. The van der Waals surface area contributed by atoms with Crippen LogP contribution < -0.4 is 16.3 Å². The highest BCUT2D eigenvalue weighted by Crippen LogP contribution is 2.22. The Balaban J connectivity index is 1.75. The second kappa shape index (κ2) is 8.83. The molecule has 1 amide bonds. The summed E-state index contributed by atoms with van der Waals surface area (Å²) in [5.41, 5.74) is 5.64. The van der Waals surface area contributed by atoms with Gasteiger partial charge in [-0.1, -0.05) is 33.6 Å². The summed E-state index contributed by atoms with van der Waals surface area (Å²) in [6, 6.07) is 19.1. The Morgan fingerprint density at radius 2 is 1.77 bits per heavy atom. The Labute approximate surface area is 191 Å². The van der Waals surface area contributed by atoms with Crippen LogP contribution in [-0.4, -0.2) is 11.0 Å². The van der Waals surface area contributed by atoms with Crippen LogP contribution in [0.4, 0.5) is 11.4 Å². The van der Waals surface area contributed by atoms with Gasteiger partial charge in [0.05, 0.1) is 5.69 Å². The monoisotopic (exact) mass is 497 g/mol. The minimum absolute atomic E-state index is 0.0922. The fraction of sp³-hybridized carbons (Fsp3) is 0.0435. The van der Waals surface area contributed by atoms with E-state index in [9.17, 15) is 9.90 Å². The van der Waals surface area contributed by atoms with Gasteiger partial charge in [-0.3, -0.25) is 10.2 Å². The molecule has 0 fully saturated rings. The van der Waals surface area contributed by atoms with E-state index in [-0.39, 0.29) is 16.9 Å². The van der Waals surface area contributed by atoms with E-state index >= 15 is 0 Å². The molecule has 6 nitrogen and oxygen atoms in total. The van der Waals surface area contributed by atoms with Crippen LogP contribution in [0.5, 0.6) is 5.75 Å². The summed E-state index contributed by atoms with van der Waals surface area (Å²) < 4.78 is 6.82. The lowest BCUT2D eigenvalue weighted by molar-refractivity contribution is 0.102. The number of halogens is 2. The van der Waals surface area contributed by atoms with Crippen molar-refractivity contribution >= 4 is 55.8 Å². The molecule has 156 valence electrons. The zero-order valence-electron chi connectivity index (χ0n) is 16.3. The molecule has 1 aromatic heterocycles. The summed E-state index contributed by atoms with van der Waals surface area (Å²) >= 11 is 9.48. The summed E-state index contributed by atoms with van der Waals surface area (Å²) in [4.78, 5) is 13.0. The number of aromatic hydroxyl groups is 1. The van der Waals surface area contributed by atoms with E-state index < -0.39 is 5.91 Å². The zero-order chi connectivity index (χ0) is 22.0. The van der Waals surface area contributed by atoms with Crippen LogP contribution in [0.2, 0.25) is 5.02 Å². The van der Waals surface area contributed by atoms with Crippen LogP contribution >= 0.6 is 27.5 Å². The van der Waals surface area contributed by atoms with Gasteiger partial charge in [0.25, 0.3) is 5.91 Å². The Morgan fingerprint density at radius 3 is 2.52 bits per heavy atom. The largest absolute Gasteiger partial charge is 0.508 e. The van der Waals surface area contributed by atoms with Crippen molar-refractivity contribution in [3.63, 3.8) is 0 Å². The second-order valence-electron chi connectivity index (χ2n) is 6.83. The quantitative estimate of drug-likeness (QED) is 0.299. The highest BCUT2D eigenvalue weighted by atomic mass is 79.9. The van der Waals surface area contributed by atoms with Crippen LogP contribution in [-0.2, 0) is 0 Å². The number of benzene rings is 3. The molecule has 0 unspecified atom stereocenters. The van der Waals surface area contributed by atoms with Gasteiger partial charge < -0.3 is 14.8 Å². The molecule has 0 radical (unpaired) electrons. The lowest BCUT2D eigenvalue weighted by Crippen LogP contribution is -2.22. The number of hydrogen-bond donors (Lipinski definition) is 3. The van der Waals surface area contributed by atoms with Crippen molar-refractivity contribution in [2.75, 3.05) is 10.7 Å². The van der Waals surface area contributed by atoms with Crippen molar-refractivity contribution in [1.29, 1.82) is 0 Å². The zero-order valence-corrected chi connectivity index (χ0v) is 18.7. The van der Waals surface area contributed by atoms with E-state index in [1.165, 1.54) is 6.07 Å². The number of phenolic OH excluding ortho intramolecular Hbond substituents is 1. The molecule has 0 aliphatic rings. The minimum Gasteiger partial charge on any atom is -0.508 e. The summed E-state index contributed by atoms with van der Waals surface area (Å²) in [6.45, 7) is 1.78. The molecule has 0 saturated heterocycles. The number of nitrogens with zero attached hydrogens (tertiary/aromatic N) is 1. The molecule has 0 aliphatic heterocycles. The number of carbonyl (C=O) groups excluding carboxylic acids is 1. The van der Waals surface area contributed by atoms with Gasteiger partial charge in [-0.25, -0.2) is 0 Å². The lowest BCUT2D eigenvalue weighted by atomic mass is 10.1. The van der Waals surface area contributed by atoms with Gasteiger partial charge in [-0.15, -0.1) is 5.10 Å². The van der Waals surface area contributed by atoms with Gasteiger partial charge >= 0.3 is 0 Å². The van der Waals surface area contributed by atoms with Gasteiger partial charge in [-0.2, -0.15) is 0 Å². The minimum atomic E-state index is -0.440. The first-order valence-electron chi connectivity index (χ1n) is 9.29. The lowest BCUT2D eigenvalue weighted by Gasteiger charge is -2.09. The number of nitrogens with one attached hydrogen (secondary N) is 2. The summed E-state index contributed by atoms with van der Waals surface area (Å²) in [5.74, 6) is -0.347. The number of amides is 1. The fourth-order valence-corrected chi connectivity index (χ4v) is 3.32. The van der Waals surface area contributed by atoms with Crippen LogP contribution in [0, 0.1) is 6.92 Å². The van der Waals surface area contributed by atoms with Crippen LogP contribution in [0.25, 0.3) is 11.0 Å². The molecule has 4 rings (SSSR count). The van der Waals surface area contributed by atoms with Crippen molar-refractivity contribution in [2.24, 2.45) is 5.10 Å². The maximum absolute atomic E-state index is 13.0. The number of hydrogen-bond acceptors (Lipinski definition) is 5. The third-order valence-corrected chi connectivity index (χ3v) is 5.31. The number of anilines is 2. The predicted molar refractivity (Wildman–Crippen MR) is 125 cm³/mol. The Hall–Kier alpha value is -3.29. The maximum atomic E-state index is 13.0. The van der Waals surface area contributed by atoms with Crippen molar-refractivity contribution < 1.29 is 14.3 Å². The van der Waals surface area contributed by atoms with Gasteiger partial charge in [0, 0.05) is 26.6 Å². The molecular weight excluding hydrogens is 482 g/mol. The van der Waals surface area contributed by atoms with E-state index in [0.717, 1.165) is 10.2 Å². The number of fused-ring (bicyclic) bond motifs is 1. The Kier molecular flexibility index (Phi) is 5.97. The third kappa shape index (κ3) is 4.90. The Morgan fingerprint density at radius 1 is 1.03 bits per heavy atom. The number of aryl methyl sites for hydroxylation is 1. The van der Waals surface area contributed by atoms with E-state index in [1.807, 2.05) is 24.3 Å². The normalized spacial score (nSPS) is 11.5. The SMILES string of the molecule is Cc1ccc(NC(=O)c2cc3cc(Cl)ccc3o/c2=N\Nc2ccc(Br)cc2)cc1O. The van der Waals surface area contributed by atoms with Crippen LogP contribution in [0.15, 0.2) is 80.7 Å². The van der Waals surface area contributed by atoms with Crippen LogP contribution in [0.3, 0.4) is 0 Å². The molecule has 4 aromatic rings. The molecule has 8 heteroatoms. The Bertz CT molecular complexity index is 1350. The molecule has 3 N–H and O–H groups in total. The van der Waals surface area contributed by atoms with Crippen molar-refractivity contribution in [3.8, 4) is 5.75 Å². The smallest absolute Gasteiger partial charge is 0.261 e. The molecule has 1 heterocycles. The average Bonchev–Trinajstić information content (AvgIpc) is 2.75. The maximum Gasteiger partial charge on any atom is 0.261 e. The van der Waals surface area contributed by atoms with Crippen molar-refractivity contribution in [1.82, 2.24) is 0 Å². The van der Waals surface area contributed by atoms with E-state index in [1.54, 1.807) is 43.3 Å². The van der Waals surface area contributed by atoms with E-state index in [4.69, 9.17) is 16.0 Å². The van der Waals surface area contributed by atoms with Crippen molar-refractivity contribution in [2.45, 2.75) is 6.92 Å². The summed E-state index contributed by atoms with van der Waals surface area (Å²) in [6.07, 6.45) is 0. The number of carbonyl (C=O) groups is 1. The molecule has 0 bridgehead atoms. The number of phenols is 1. The second-order valence-corrected chi connectivity index (χ2v) is 8.19. The standard InChI is InChI=1S/C23H17BrClN3O3/c1-13-2-6-18(12-20(13)29)26-22(30)19-11-14-10-16(25)5-9-21(14)31-23(19)28-27-17-7-3-15(24)4-8-17/h2-12,27,29H,1H3,(H,26,30)/b28-23-. The molecule has 0 aliphatic carbocycles. The average molecular weight is 499 g/mol. The summed E-state index contributed by atoms with van der Waals surface area (Å²) in [7, 11) is 0. The molecule has 0 atom stereocenters. The van der Waals surface area contributed by atoms with Gasteiger partial charge in [-0.05, 0) is 67.1 Å². The highest BCUT2D eigenvalue weighted by molar-refractivity contribution is 9.10. The topological polar surface area (TPSA) is 86.9 Å².